The zero-order valence-electron chi connectivity index (χ0n) is 16.4. The summed E-state index contributed by atoms with van der Waals surface area (Å²) in [5.74, 6) is 1.38. The number of hydrogen-bond donors (Lipinski definition) is 1. The van der Waals surface area contributed by atoms with Crippen molar-refractivity contribution in [2.45, 2.75) is 17.2 Å². The van der Waals surface area contributed by atoms with E-state index in [0.717, 1.165) is 21.7 Å². The van der Waals surface area contributed by atoms with Gasteiger partial charge in [-0.3, -0.25) is 9.00 Å². The average molecular weight is 420 g/mol. The van der Waals surface area contributed by atoms with Gasteiger partial charge in [0.25, 0.3) is 0 Å². The number of benzene rings is 3. The van der Waals surface area contributed by atoms with Crippen LogP contribution in [0.15, 0.2) is 83.8 Å². The van der Waals surface area contributed by atoms with Gasteiger partial charge in [0.2, 0.25) is 5.91 Å². The van der Waals surface area contributed by atoms with E-state index < -0.39 is 10.8 Å². The minimum Gasteiger partial charge on any atom is -0.497 e. The van der Waals surface area contributed by atoms with E-state index in [1.165, 1.54) is 0 Å². The Hall–Kier alpha value is -3.45. The molecule has 7 heteroatoms. The molecule has 0 fully saturated rings. The van der Waals surface area contributed by atoms with E-state index in [1.54, 1.807) is 31.4 Å². The number of carbonyl (C=O) groups excluding carboxylic acids is 1. The molecule has 3 aromatic carbocycles. The highest BCUT2D eigenvalue weighted by Gasteiger charge is 2.16. The smallest absolute Gasteiger partial charge is 0.244 e. The number of imidazole rings is 1. The molecule has 0 aliphatic rings. The van der Waals surface area contributed by atoms with Crippen molar-refractivity contribution in [3.63, 3.8) is 0 Å². The molecule has 0 radical (unpaired) electrons. The lowest BCUT2D eigenvalue weighted by Crippen LogP contribution is -2.20. The van der Waals surface area contributed by atoms with E-state index in [4.69, 9.17) is 4.74 Å². The highest BCUT2D eigenvalue weighted by Crippen LogP contribution is 2.20. The summed E-state index contributed by atoms with van der Waals surface area (Å²) in [5.41, 5.74) is 2.29. The molecule has 152 valence electrons. The maximum atomic E-state index is 12.8. The molecule has 0 saturated heterocycles. The van der Waals surface area contributed by atoms with E-state index in [9.17, 15) is 9.00 Å². The lowest BCUT2D eigenvalue weighted by molar-refractivity contribution is -0.116. The van der Waals surface area contributed by atoms with Crippen molar-refractivity contribution in [2.24, 2.45) is 0 Å². The van der Waals surface area contributed by atoms with Gasteiger partial charge in [0.15, 0.2) is 0 Å². The van der Waals surface area contributed by atoms with Crippen molar-refractivity contribution in [1.29, 1.82) is 0 Å². The topological polar surface area (TPSA) is 73.2 Å². The Morgan fingerprint density at radius 1 is 1.00 bits per heavy atom. The van der Waals surface area contributed by atoms with Crippen molar-refractivity contribution in [3.8, 4) is 5.75 Å². The van der Waals surface area contributed by atoms with Gasteiger partial charge in [-0.1, -0.05) is 30.3 Å². The van der Waals surface area contributed by atoms with E-state index >= 15 is 0 Å². The number of para-hydroxylation sites is 2. The third kappa shape index (κ3) is 4.41. The maximum Gasteiger partial charge on any atom is 0.244 e. The fraction of sp³-hybridized carbons (Fsp3) is 0.130. The monoisotopic (exact) mass is 419 g/mol. The third-order valence-electron chi connectivity index (χ3n) is 4.68. The Morgan fingerprint density at radius 2 is 1.70 bits per heavy atom. The van der Waals surface area contributed by atoms with Crippen molar-refractivity contribution >= 4 is 33.4 Å². The molecule has 6 nitrogen and oxygen atoms in total. The molecular formula is C23H21N3O3S. The maximum absolute atomic E-state index is 12.8. The van der Waals surface area contributed by atoms with Crippen LogP contribution in [0.5, 0.6) is 5.75 Å². The molecule has 4 aromatic rings. The molecule has 1 amide bonds. The average Bonchev–Trinajstić information content (AvgIpc) is 3.11. The number of hydrogen-bond acceptors (Lipinski definition) is 4. The largest absolute Gasteiger partial charge is 0.497 e. The Labute approximate surface area is 177 Å². The first-order valence-corrected chi connectivity index (χ1v) is 10.8. The van der Waals surface area contributed by atoms with Crippen LogP contribution in [-0.4, -0.2) is 26.8 Å². The van der Waals surface area contributed by atoms with Crippen molar-refractivity contribution in [2.75, 3.05) is 12.4 Å². The van der Waals surface area contributed by atoms with Crippen LogP contribution in [0.1, 0.15) is 5.82 Å². The van der Waals surface area contributed by atoms with Gasteiger partial charge >= 0.3 is 0 Å². The van der Waals surface area contributed by atoms with Crippen molar-refractivity contribution in [3.05, 3.63) is 84.7 Å². The van der Waals surface area contributed by atoms with Gasteiger partial charge < -0.3 is 14.6 Å². The second kappa shape index (κ2) is 8.92. The molecule has 0 unspecified atom stereocenters. The van der Waals surface area contributed by atoms with Gasteiger partial charge in [-0.15, -0.1) is 0 Å². The molecule has 1 N–H and O–H groups in total. The molecular weight excluding hydrogens is 398 g/mol. The zero-order chi connectivity index (χ0) is 20.9. The minimum atomic E-state index is -1.26. The zero-order valence-corrected chi connectivity index (χ0v) is 17.3. The van der Waals surface area contributed by atoms with Crippen molar-refractivity contribution < 1.29 is 13.7 Å². The van der Waals surface area contributed by atoms with Gasteiger partial charge in [0, 0.05) is 10.6 Å². The van der Waals surface area contributed by atoms with Gasteiger partial charge in [-0.05, 0) is 48.5 Å². The number of carbonyl (C=O) groups is 1. The molecule has 1 heterocycles. The first kappa shape index (κ1) is 19.8. The van der Waals surface area contributed by atoms with Crippen molar-refractivity contribution in [1.82, 2.24) is 9.55 Å². The van der Waals surface area contributed by atoms with Gasteiger partial charge in [0.1, 0.15) is 18.1 Å². The molecule has 1 atom stereocenters. The molecule has 0 aliphatic heterocycles. The number of ether oxygens (including phenoxy) is 1. The second-order valence-electron chi connectivity index (χ2n) is 6.68. The predicted molar refractivity (Wildman–Crippen MR) is 118 cm³/mol. The van der Waals surface area contributed by atoms with Crippen LogP contribution in [-0.2, 0) is 27.9 Å². The van der Waals surface area contributed by atoms with Crippen LogP contribution in [0.2, 0.25) is 0 Å². The van der Waals surface area contributed by atoms with Gasteiger partial charge in [0.05, 0.1) is 34.7 Å². The van der Waals surface area contributed by atoms with Crippen LogP contribution >= 0.6 is 0 Å². The number of methoxy groups -OCH3 is 1. The molecule has 0 spiro atoms. The number of nitrogens with zero attached hydrogens (tertiary/aromatic N) is 2. The van der Waals surface area contributed by atoms with Crippen LogP contribution < -0.4 is 10.1 Å². The van der Waals surface area contributed by atoms with E-state index in [1.807, 2.05) is 59.2 Å². The van der Waals surface area contributed by atoms with E-state index in [-0.39, 0.29) is 18.2 Å². The van der Waals surface area contributed by atoms with Crippen LogP contribution in [0, 0.1) is 0 Å². The third-order valence-corrected chi connectivity index (χ3v) is 5.99. The first-order chi connectivity index (χ1) is 14.6. The predicted octanol–water partition coefficient (Wildman–Crippen LogP) is 3.99. The fourth-order valence-corrected chi connectivity index (χ4v) is 4.29. The quantitative estimate of drug-likeness (QED) is 0.492. The number of nitrogens with one attached hydrogen (secondary N) is 1. The number of anilines is 1. The summed E-state index contributed by atoms with van der Waals surface area (Å²) in [6.07, 6.45) is 0. The van der Waals surface area contributed by atoms with Crippen LogP contribution in [0.25, 0.3) is 11.0 Å². The van der Waals surface area contributed by atoms with E-state index in [0.29, 0.717) is 11.5 Å². The van der Waals surface area contributed by atoms with Crippen LogP contribution in [0.3, 0.4) is 0 Å². The Bertz CT molecular complexity index is 1190. The number of rotatable bonds is 7. The summed E-state index contributed by atoms with van der Waals surface area (Å²) < 4.78 is 19.8. The summed E-state index contributed by atoms with van der Waals surface area (Å²) in [7, 11) is 0.339. The molecule has 4 rings (SSSR count). The number of aromatic nitrogens is 2. The van der Waals surface area contributed by atoms with Gasteiger partial charge in [-0.25, -0.2) is 4.98 Å². The molecule has 1 aromatic heterocycles. The first-order valence-electron chi connectivity index (χ1n) is 9.45. The Balaban J connectivity index is 1.58. The highest BCUT2D eigenvalue weighted by molar-refractivity contribution is 7.84. The summed E-state index contributed by atoms with van der Waals surface area (Å²) >= 11 is 0. The normalized spacial score (nSPS) is 11.9. The molecule has 0 aliphatic carbocycles. The number of fused-ring (bicyclic) bond motifs is 1. The Kier molecular flexibility index (Phi) is 5.90. The summed E-state index contributed by atoms with van der Waals surface area (Å²) in [6, 6.07) is 24.0. The van der Waals surface area contributed by atoms with Gasteiger partial charge in [-0.2, -0.15) is 0 Å². The lowest BCUT2D eigenvalue weighted by atomic mass is 10.3. The summed E-state index contributed by atoms with van der Waals surface area (Å²) in [6.45, 7) is 0.0772. The molecule has 0 saturated carbocycles. The number of amides is 1. The van der Waals surface area contributed by atoms with Crippen LogP contribution in [0.4, 0.5) is 5.69 Å². The Morgan fingerprint density at radius 3 is 2.43 bits per heavy atom. The molecule has 30 heavy (non-hydrogen) atoms. The summed E-state index contributed by atoms with van der Waals surface area (Å²) in [5, 5.41) is 2.89. The highest BCUT2D eigenvalue weighted by atomic mass is 32.2. The minimum absolute atomic E-state index is 0.0772. The van der Waals surface area contributed by atoms with E-state index in [2.05, 4.69) is 10.3 Å². The summed E-state index contributed by atoms with van der Waals surface area (Å²) in [4.78, 5) is 18.1. The fourth-order valence-electron chi connectivity index (χ4n) is 3.20. The molecule has 0 bridgehead atoms. The SMILES string of the molecule is COc1ccc(NC(=O)Cn2c(C[S@@](=O)c3ccccc3)nc3ccccc32)cc1. The standard InChI is InChI=1S/C23H21N3O3S/c1-29-18-13-11-17(12-14-18)24-23(27)15-26-21-10-6-5-9-20(21)25-22(26)16-30(28)19-7-3-2-4-8-19/h2-14H,15-16H2,1H3,(H,24,27)/t30-/m1/s1. The lowest BCUT2D eigenvalue weighted by Gasteiger charge is -2.11. The second-order valence-corrected chi connectivity index (χ2v) is 8.13.